The molecule has 0 aromatic heterocycles. The third-order valence-electron chi connectivity index (χ3n) is 3.60. The molecule has 0 unspecified atom stereocenters. The Morgan fingerprint density at radius 3 is 2.20 bits per heavy atom. The van der Waals surface area contributed by atoms with Gasteiger partial charge in [0.25, 0.3) is 5.91 Å². The van der Waals surface area contributed by atoms with Crippen molar-refractivity contribution in [2.45, 2.75) is 26.7 Å². The molecule has 0 aliphatic rings. The molecule has 2 aromatic carbocycles. The van der Waals surface area contributed by atoms with Crippen LogP contribution in [0.15, 0.2) is 48.5 Å². The highest BCUT2D eigenvalue weighted by Crippen LogP contribution is 2.17. The Morgan fingerprint density at radius 1 is 0.960 bits per heavy atom. The number of ether oxygens (including phenoxy) is 2. The number of carbonyl (C=O) groups excluding carboxylic acids is 2. The van der Waals surface area contributed by atoms with E-state index in [2.05, 4.69) is 19.2 Å². The first-order valence-corrected chi connectivity index (χ1v) is 8.19. The molecule has 0 saturated heterocycles. The zero-order valence-corrected chi connectivity index (χ0v) is 14.7. The van der Waals surface area contributed by atoms with Crippen LogP contribution in [0.1, 0.15) is 30.9 Å². The van der Waals surface area contributed by atoms with Gasteiger partial charge in [0, 0.05) is 5.69 Å². The fraction of sp³-hybridized carbons (Fsp3) is 0.300. The number of hydrogen-bond acceptors (Lipinski definition) is 4. The third-order valence-corrected chi connectivity index (χ3v) is 3.60. The molecule has 5 heteroatoms. The molecule has 0 aliphatic carbocycles. The van der Waals surface area contributed by atoms with E-state index in [1.165, 1.54) is 5.56 Å². The summed E-state index contributed by atoms with van der Waals surface area (Å²) < 4.78 is 10.2. The van der Waals surface area contributed by atoms with Crippen LogP contribution in [0.4, 0.5) is 5.69 Å². The molecule has 2 rings (SSSR count). The highest BCUT2D eigenvalue weighted by atomic mass is 16.6. The van der Waals surface area contributed by atoms with Crippen molar-refractivity contribution < 1.29 is 19.1 Å². The van der Waals surface area contributed by atoms with E-state index in [1.54, 1.807) is 12.1 Å². The van der Waals surface area contributed by atoms with Gasteiger partial charge >= 0.3 is 5.97 Å². The van der Waals surface area contributed by atoms with Gasteiger partial charge in [-0.1, -0.05) is 43.7 Å². The molecular formula is C20H23NO4. The van der Waals surface area contributed by atoms with Gasteiger partial charge in [0.15, 0.2) is 13.2 Å². The summed E-state index contributed by atoms with van der Waals surface area (Å²) in [6.07, 6.45) is 0. The lowest BCUT2D eigenvalue weighted by atomic mass is 10.0. The van der Waals surface area contributed by atoms with Crippen LogP contribution in [-0.2, 0) is 14.3 Å². The van der Waals surface area contributed by atoms with Crippen LogP contribution in [0, 0.1) is 6.92 Å². The van der Waals surface area contributed by atoms with Crippen molar-refractivity contribution in [3.63, 3.8) is 0 Å². The lowest BCUT2D eigenvalue weighted by Crippen LogP contribution is -2.23. The molecule has 5 nitrogen and oxygen atoms in total. The summed E-state index contributed by atoms with van der Waals surface area (Å²) >= 11 is 0. The Hall–Kier alpha value is -2.82. The second-order valence-electron chi connectivity index (χ2n) is 6.09. The Kier molecular flexibility index (Phi) is 6.57. The summed E-state index contributed by atoms with van der Waals surface area (Å²) in [6, 6.07) is 14.9. The van der Waals surface area contributed by atoms with Crippen LogP contribution < -0.4 is 10.1 Å². The molecule has 132 valence electrons. The average molecular weight is 341 g/mol. The first-order valence-electron chi connectivity index (χ1n) is 8.19. The summed E-state index contributed by atoms with van der Waals surface area (Å²) in [5.74, 6) is 0.0309. The van der Waals surface area contributed by atoms with Gasteiger partial charge in [-0.05, 0) is 42.7 Å². The minimum atomic E-state index is -0.592. The molecule has 25 heavy (non-hydrogen) atoms. The molecule has 0 atom stereocenters. The van der Waals surface area contributed by atoms with Gasteiger partial charge in [-0.15, -0.1) is 0 Å². The molecule has 0 saturated carbocycles. The zero-order valence-electron chi connectivity index (χ0n) is 14.7. The lowest BCUT2D eigenvalue weighted by molar-refractivity contribution is -0.149. The van der Waals surface area contributed by atoms with E-state index in [4.69, 9.17) is 9.47 Å². The first-order chi connectivity index (χ1) is 11.9. The maximum Gasteiger partial charge on any atom is 0.344 e. The van der Waals surface area contributed by atoms with E-state index in [1.807, 2.05) is 43.3 Å². The van der Waals surface area contributed by atoms with Crippen molar-refractivity contribution in [3.8, 4) is 5.75 Å². The predicted molar refractivity (Wildman–Crippen MR) is 96.8 cm³/mol. The SMILES string of the molecule is Cc1ccc(OCC(=O)OCC(=O)Nc2ccc(C(C)C)cc2)cc1. The number of esters is 1. The number of anilines is 1. The molecule has 2 aromatic rings. The topological polar surface area (TPSA) is 64.6 Å². The molecule has 0 spiro atoms. The number of carbonyl (C=O) groups is 2. The highest BCUT2D eigenvalue weighted by molar-refractivity contribution is 5.92. The highest BCUT2D eigenvalue weighted by Gasteiger charge is 2.09. The van der Waals surface area contributed by atoms with Crippen molar-refractivity contribution in [1.29, 1.82) is 0 Å². The van der Waals surface area contributed by atoms with Gasteiger partial charge in [-0.3, -0.25) is 4.79 Å². The van der Waals surface area contributed by atoms with Gasteiger partial charge in [0.05, 0.1) is 0 Å². The normalized spacial score (nSPS) is 10.4. The average Bonchev–Trinajstić information content (AvgIpc) is 2.60. The number of rotatable bonds is 7. The molecule has 0 radical (unpaired) electrons. The van der Waals surface area contributed by atoms with Gasteiger partial charge in [-0.2, -0.15) is 0 Å². The van der Waals surface area contributed by atoms with Crippen LogP contribution in [0.25, 0.3) is 0 Å². The Labute approximate surface area is 148 Å². The zero-order chi connectivity index (χ0) is 18.2. The maximum absolute atomic E-state index is 11.8. The van der Waals surface area contributed by atoms with Crippen molar-refractivity contribution in [3.05, 3.63) is 59.7 Å². The number of aryl methyl sites for hydroxylation is 1. The van der Waals surface area contributed by atoms with Gasteiger partial charge < -0.3 is 14.8 Å². The Bertz CT molecular complexity index is 705. The van der Waals surface area contributed by atoms with Crippen LogP contribution in [0.2, 0.25) is 0 Å². The van der Waals surface area contributed by atoms with Gasteiger partial charge in [0.2, 0.25) is 0 Å². The quantitative estimate of drug-likeness (QED) is 0.780. The first kappa shape index (κ1) is 18.5. The molecule has 0 bridgehead atoms. The van der Waals surface area contributed by atoms with Crippen molar-refractivity contribution >= 4 is 17.6 Å². The van der Waals surface area contributed by atoms with Crippen molar-refractivity contribution in [1.82, 2.24) is 0 Å². The monoisotopic (exact) mass is 341 g/mol. The summed E-state index contributed by atoms with van der Waals surface area (Å²) in [7, 11) is 0. The van der Waals surface area contributed by atoms with E-state index >= 15 is 0 Å². The van der Waals surface area contributed by atoms with E-state index in [9.17, 15) is 9.59 Å². The number of nitrogens with one attached hydrogen (secondary N) is 1. The third kappa shape index (κ3) is 6.30. The van der Waals surface area contributed by atoms with E-state index < -0.39 is 5.97 Å². The van der Waals surface area contributed by atoms with Crippen LogP contribution >= 0.6 is 0 Å². The second-order valence-corrected chi connectivity index (χ2v) is 6.09. The smallest absolute Gasteiger partial charge is 0.344 e. The molecule has 0 fully saturated rings. The van der Waals surface area contributed by atoms with E-state index in [-0.39, 0.29) is 19.1 Å². The van der Waals surface area contributed by atoms with Gasteiger partial charge in [0.1, 0.15) is 5.75 Å². The predicted octanol–water partition coefficient (Wildman–Crippen LogP) is 3.68. The lowest BCUT2D eigenvalue weighted by Gasteiger charge is -2.09. The maximum atomic E-state index is 11.8. The molecule has 1 amide bonds. The molecular weight excluding hydrogens is 318 g/mol. The summed E-state index contributed by atoms with van der Waals surface area (Å²) in [5, 5.41) is 2.69. The molecule has 0 aliphatic heterocycles. The van der Waals surface area contributed by atoms with E-state index in [0.717, 1.165) is 5.56 Å². The summed E-state index contributed by atoms with van der Waals surface area (Å²) in [6.45, 7) is 5.59. The summed E-state index contributed by atoms with van der Waals surface area (Å²) in [5.41, 5.74) is 2.96. The fourth-order valence-corrected chi connectivity index (χ4v) is 2.11. The minimum absolute atomic E-state index is 0.237. The van der Waals surface area contributed by atoms with E-state index in [0.29, 0.717) is 17.4 Å². The molecule has 0 heterocycles. The van der Waals surface area contributed by atoms with Crippen LogP contribution in [-0.4, -0.2) is 25.1 Å². The fourth-order valence-electron chi connectivity index (χ4n) is 2.11. The number of benzene rings is 2. The van der Waals surface area contributed by atoms with Gasteiger partial charge in [-0.25, -0.2) is 4.79 Å². The van der Waals surface area contributed by atoms with Crippen molar-refractivity contribution in [2.75, 3.05) is 18.5 Å². The van der Waals surface area contributed by atoms with Crippen LogP contribution in [0.3, 0.4) is 0 Å². The van der Waals surface area contributed by atoms with Crippen molar-refractivity contribution in [2.24, 2.45) is 0 Å². The van der Waals surface area contributed by atoms with Crippen LogP contribution in [0.5, 0.6) is 5.75 Å². The Balaban J connectivity index is 1.71. The second kappa shape index (κ2) is 8.87. The standard InChI is InChI=1S/C20H23NO4/c1-14(2)16-6-8-17(9-7-16)21-19(22)12-25-20(23)13-24-18-10-4-15(3)5-11-18/h4-11,14H,12-13H2,1-3H3,(H,21,22). The number of amides is 1. The summed E-state index contributed by atoms with van der Waals surface area (Å²) in [4.78, 5) is 23.5. The number of hydrogen-bond donors (Lipinski definition) is 1. The molecule has 1 N–H and O–H groups in total. The Morgan fingerprint density at radius 2 is 1.60 bits per heavy atom. The largest absolute Gasteiger partial charge is 0.482 e. The minimum Gasteiger partial charge on any atom is -0.482 e.